The summed E-state index contributed by atoms with van der Waals surface area (Å²) in [5, 5.41) is 4.06. The zero-order valence-corrected chi connectivity index (χ0v) is 12.8. The van der Waals surface area contributed by atoms with Crippen LogP contribution in [0.1, 0.15) is 31.6 Å². The first-order chi connectivity index (χ1) is 9.74. The molecule has 2 aromatic rings. The van der Waals surface area contributed by atoms with Gasteiger partial charge in [-0.1, -0.05) is 46.1 Å². The SMILES string of the molecule is NC(Cc1nc(-c2ccccc2Br)no1)C1CCCC1. The maximum absolute atomic E-state index is 6.25. The first-order valence-corrected chi connectivity index (χ1v) is 7.86. The zero-order valence-electron chi connectivity index (χ0n) is 11.3. The summed E-state index contributed by atoms with van der Waals surface area (Å²) in [6.07, 6.45) is 5.72. The van der Waals surface area contributed by atoms with Gasteiger partial charge in [-0.25, -0.2) is 0 Å². The van der Waals surface area contributed by atoms with E-state index in [0.717, 1.165) is 10.0 Å². The van der Waals surface area contributed by atoms with Gasteiger partial charge in [0.15, 0.2) is 0 Å². The predicted molar refractivity (Wildman–Crippen MR) is 81.1 cm³/mol. The molecule has 1 aliphatic rings. The molecular formula is C15H18BrN3O. The summed E-state index contributed by atoms with van der Waals surface area (Å²) in [4.78, 5) is 4.46. The second-order valence-electron chi connectivity index (χ2n) is 5.40. The summed E-state index contributed by atoms with van der Waals surface area (Å²) in [6, 6.07) is 7.99. The second-order valence-corrected chi connectivity index (χ2v) is 6.26. The maximum Gasteiger partial charge on any atom is 0.228 e. The van der Waals surface area contributed by atoms with Gasteiger partial charge in [0.2, 0.25) is 11.7 Å². The van der Waals surface area contributed by atoms with E-state index in [0.29, 0.717) is 24.1 Å². The van der Waals surface area contributed by atoms with Gasteiger partial charge in [0.25, 0.3) is 0 Å². The van der Waals surface area contributed by atoms with E-state index in [-0.39, 0.29) is 6.04 Å². The highest BCUT2D eigenvalue weighted by Gasteiger charge is 2.24. The number of aromatic nitrogens is 2. The van der Waals surface area contributed by atoms with Crippen LogP contribution in [0.15, 0.2) is 33.3 Å². The van der Waals surface area contributed by atoms with Gasteiger partial charge in [-0.3, -0.25) is 0 Å². The molecular weight excluding hydrogens is 318 g/mol. The van der Waals surface area contributed by atoms with Crippen molar-refractivity contribution in [1.29, 1.82) is 0 Å². The minimum Gasteiger partial charge on any atom is -0.339 e. The molecule has 5 heteroatoms. The van der Waals surface area contributed by atoms with Crippen LogP contribution in [0.25, 0.3) is 11.4 Å². The summed E-state index contributed by atoms with van der Waals surface area (Å²) in [5.41, 5.74) is 7.19. The molecule has 1 unspecified atom stereocenters. The third kappa shape index (κ3) is 2.94. The van der Waals surface area contributed by atoms with Crippen LogP contribution < -0.4 is 5.73 Å². The number of nitrogens with two attached hydrogens (primary N) is 1. The number of rotatable bonds is 4. The number of nitrogens with zero attached hydrogens (tertiary/aromatic N) is 2. The van der Waals surface area contributed by atoms with Gasteiger partial charge in [0.1, 0.15) is 0 Å². The molecule has 1 aliphatic carbocycles. The zero-order chi connectivity index (χ0) is 13.9. The van der Waals surface area contributed by atoms with Gasteiger partial charge in [0, 0.05) is 22.5 Å². The molecule has 1 aromatic carbocycles. The Morgan fingerprint density at radius 2 is 2.05 bits per heavy atom. The fourth-order valence-electron chi connectivity index (χ4n) is 2.84. The Bertz CT molecular complexity index is 578. The van der Waals surface area contributed by atoms with E-state index in [4.69, 9.17) is 10.3 Å². The fourth-order valence-corrected chi connectivity index (χ4v) is 3.31. The summed E-state index contributed by atoms with van der Waals surface area (Å²) < 4.78 is 6.31. The number of hydrogen-bond donors (Lipinski definition) is 1. The summed E-state index contributed by atoms with van der Waals surface area (Å²) in [6.45, 7) is 0. The third-order valence-corrected chi connectivity index (χ3v) is 4.69. The van der Waals surface area contributed by atoms with Crippen LogP contribution in [0.3, 0.4) is 0 Å². The molecule has 106 valence electrons. The molecule has 1 heterocycles. The van der Waals surface area contributed by atoms with Gasteiger partial charge in [-0.2, -0.15) is 4.98 Å². The van der Waals surface area contributed by atoms with Crippen LogP contribution in [-0.2, 0) is 6.42 Å². The number of halogens is 1. The molecule has 1 fully saturated rings. The average molecular weight is 336 g/mol. The summed E-state index contributed by atoms with van der Waals surface area (Å²) >= 11 is 3.50. The molecule has 4 nitrogen and oxygen atoms in total. The molecule has 1 atom stereocenters. The van der Waals surface area contributed by atoms with Crippen molar-refractivity contribution < 1.29 is 4.52 Å². The van der Waals surface area contributed by atoms with Gasteiger partial charge >= 0.3 is 0 Å². The summed E-state index contributed by atoms with van der Waals surface area (Å²) in [7, 11) is 0. The standard InChI is InChI=1S/C15H18BrN3O/c16-12-8-4-3-7-11(12)15-18-14(20-19-15)9-13(17)10-5-1-2-6-10/h3-4,7-8,10,13H,1-2,5-6,9,17H2. The first kappa shape index (κ1) is 13.8. The van der Waals surface area contributed by atoms with E-state index in [1.807, 2.05) is 24.3 Å². The van der Waals surface area contributed by atoms with Crippen molar-refractivity contribution in [2.24, 2.45) is 11.7 Å². The molecule has 2 N–H and O–H groups in total. The molecule has 20 heavy (non-hydrogen) atoms. The fraction of sp³-hybridized carbons (Fsp3) is 0.467. The largest absolute Gasteiger partial charge is 0.339 e. The smallest absolute Gasteiger partial charge is 0.228 e. The van der Waals surface area contributed by atoms with Gasteiger partial charge < -0.3 is 10.3 Å². The van der Waals surface area contributed by atoms with Crippen LogP contribution in [0.4, 0.5) is 0 Å². The van der Waals surface area contributed by atoms with Crippen LogP contribution >= 0.6 is 15.9 Å². The van der Waals surface area contributed by atoms with E-state index in [2.05, 4.69) is 26.1 Å². The first-order valence-electron chi connectivity index (χ1n) is 7.07. The molecule has 0 radical (unpaired) electrons. The molecule has 0 amide bonds. The van der Waals surface area contributed by atoms with Crippen molar-refractivity contribution in [3.63, 3.8) is 0 Å². The monoisotopic (exact) mass is 335 g/mol. The topological polar surface area (TPSA) is 64.9 Å². The van der Waals surface area contributed by atoms with Crippen molar-refractivity contribution in [3.8, 4) is 11.4 Å². The Morgan fingerprint density at radius 3 is 2.80 bits per heavy atom. The van der Waals surface area contributed by atoms with E-state index in [1.165, 1.54) is 25.7 Å². The van der Waals surface area contributed by atoms with Crippen LogP contribution in [0.5, 0.6) is 0 Å². The third-order valence-electron chi connectivity index (χ3n) is 4.00. The molecule has 3 rings (SSSR count). The van der Waals surface area contributed by atoms with Crippen molar-refractivity contribution in [3.05, 3.63) is 34.6 Å². The quantitative estimate of drug-likeness (QED) is 0.927. The molecule has 0 spiro atoms. The van der Waals surface area contributed by atoms with Gasteiger partial charge in [0.05, 0.1) is 0 Å². The minimum absolute atomic E-state index is 0.130. The van der Waals surface area contributed by atoms with E-state index in [9.17, 15) is 0 Å². The molecule has 1 saturated carbocycles. The maximum atomic E-state index is 6.25. The molecule has 1 aromatic heterocycles. The van der Waals surface area contributed by atoms with Gasteiger partial charge in [-0.15, -0.1) is 0 Å². The Kier molecular flexibility index (Phi) is 4.17. The Balaban J connectivity index is 1.72. The Hall–Kier alpha value is -1.20. The van der Waals surface area contributed by atoms with E-state index < -0.39 is 0 Å². The molecule has 0 bridgehead atoms. The molecule has 0 saturated heterocycles. The average Bonchev–Trinajstić information content (AvgIpc) is 3.10. The van der Waals surface area contributed by atoms with Crippen LogP contribution in [0, 0.1) is 5.92 Å². The van der Waals surface area contributed by atoms with Crippen molar-refractivity contribution in [2.45, 2.75) is 38.1 Å². The number of hydrogen-bond acceptors (Lipinski definition) is 4. The van der Waals surface area contributed by atoms with E-state index in [1.54, 1.807) is 0 Å². The normalized spacial score (nSPS) is 17.5. The lowest BCUT2D eigenvalue weighted by Gasteiger charge is -2.16. The second kappa shape index (κ2) is 6.06. The molecule has 0 aliphatic heterocycles. The predicted octanol–water partition coefficient (Wildman–Crippen LogP) is 3.56. The Labute approximate surface area is 126 Å². The number of benzene rings is 1. The van der Waals surface area contributed by atoms with Crippen molar-refractivity contribution in [2.75, 3.05) is 0 Å². The highest BCUT2D eigenvalue weighted by atomic mass is 79.9. The van der Waals surface area contributed by atoms with Crippen LogP contribution in [-0.4, -0.2) is 16.2 Å². The van der Waals surface area contributed by atoms with Crippen molar-refractivity contribution in [1.82, 2.24) is 10.1 Å². The highest BCUT2D eigenvalue weighted by molar-refractivity contribution is 9.10. The lowest BCUT2D eigenvalue weighted by atomic mass is 9.96. The van der Waals surface area contributed by atoms with Gasteiger partial charge in [-0.05, 0) is 30.9 Å². The highest BCUT2D eigenvalue weighted by Crippen LogP contribution is 2.29. The van der Waals surface area contributed by atoms with Crippen molar-refractivity contribution >= 4 is 15.9 Å². The lowest BCUT2D eigenvalue weighted by molar-refractivity contribution is 0.341. The summed E-state index contributed by atoms with van der Waals surface area (Å²) in [5.74, 6) is 1.86. The van der Waals surface area contributed by atoms with E-state index >= 15 is 0 Å². The van der Waals surface area contributed by atoms with Crippen LogP contribution in [0.2, 0.25) is 0 Å². The minimum atomic E-state index is 0.130. The lowest BCUT2D eigenvalue weighted by Crippen LogP contribution is -2.30. The Morgan fingerprint density at radius 1 is 1.30 bits per heavy atom.